The van der Waals surface area contributed by atoms with Gasteiger partial charge in [-0.2, -0.15) is 5.10 Å². The highest BCUT2D eigenvalue weighted by Gasteiger charge is 2.11. The van der Waals surface area contributed by atoms with Gasteiger partial charge >= 0.3 is 0 Å². The lowest BCUT2D eigenvalue weighted by Gasteiger charge is -2.13. The predicted octanol–water partition coefficient (Wildman–Crippen LogP) is 2.53. The molecule has 0 saturated carbocycles. The van der Waals surface area contributed by atoms with E-state index in [0.717, 1.165) is 23.7 Å². The molecule has 0 fully saturated rings. The highest BCUT2D eigenvalue weighted by molar-refractivity contribution is 6.04. The largest absolute Gasteiger partial charge is 0.378 e. The van der Waals surface area contributed by atoms with E-state index in [-0.39, 0.29) is 5.91 Å². The summed E-state index contributed by atoms with van der Waals surface area (Å²) in [5, 5.41) is 7.22. The van der Waals surface area contributed by atoms with Crippen molar-refractivity contribution in [3.05, 3.63) is 41.6 Å². The molecular weight excluding hydrogens is 252 g/mol. The van der Waals surface area contributed by atoms with E-state index in [4.69, 9.17) is 0 Å². The van der Waals surface area contributed by atoms with Gasteiger partial charge in [0.1, 0.15) is 5.82 Å². The van der Waals surface area contributed by atoms with E-state index in [9.17, 15) is 4.79 Å². The van der Waals surface area contributed by atoms with Crippen molar-refractivity contribution in [3.8, 4) is 0 Å². The highest BCUT2D eigenvalue weighted by atomic mass is 16.1. The van der Waals surface area contributed by atoms with Gasteiger partial charge in [-0.15, -0.1) is 0 Å². The van der Waals surface area contributed by atoms with Crippen LogP contribution >= 0.6 is 0 Å². The molecule has 0 radical (unpaired) electrons. The predicted molar refractivity (Wildman–Crippen MR) is 81.4 cm³/mol. The minimum atomic E-state index is -0.122. The lowest BCUT2D eigenvalue weighted by atomic mass is 10.2. The first-order valence-corrected chi connectivity index (χ1v) is 6.64. The zero-order chi connectivity index (χ0) is 14.7. The summed E-state index contributed by atoms with van der Waals surface area (Å²) in [6.45, 7) is 4.63. The Hall–Kier alpha value is -2.30. The number of anilines is 2. The number of aryl methyl sites for hydroxylation is 2. The molecule has 0 spiro atoms. The molecule has 2 rings (SSSR count). The number of aromatic nitrogens is 2. The maximum absolute atomic E-state index is 12.3. The van der Waals surface area contributed by atoms with Crippen LogP contribution in [0.25, 0.3) is 0 Å². The smallest absolute Gasteiger partial charge is 0.256 e. The Bertz CT molecular complexity index is 616. The van der Waals surface area contributed by atoms with E-state index in [0.29, 0.717) is 5.56 Å². The molecule has 0 bridgehead atoms. The number of nitrogens with one attached hydrogen (secondary N) is 1. The topological polar surface area (TPSA) is 50.2 Å². The van der Waals surface area contributed by atoms with E-state index in [1.54, 1.807) is 4.68 Å². The number of rotatable bonds is 4. The number of amides is 1. The highest BCUT2D eigenvalue weighted by Crippen LogP contribution is 2.16. The average Bonchev–Trinajstić information content (AvgIpc) is 2.78. The van der Waals surface area contributed by atoms with Crippen LogP contribution in [0.3, 0.4) is 0 Å². The van der Waals surface area contributed by atoms with Crippen LogP contribution in [0.2, 0.25) is 0 Å². The molecule has 1 heterocycles. The maximum Gasteiger partial charge on any atom is 0.256 e. The number of nitrogens with zero attached hydrogens (tertiary/aromatic N) is 3. The van der Waals surface area contributed by atoms with Crippen LogP contribution in [0.15, 0.2) is 30.3 Å². The number of hydrogen-bond donors (Lipinski definition) is 1. The van der Waals surface area contributed by atoms with Gasteiger partial charge in [0.25, 0.3) is 5.91 Å². The van der Waals surface area contributed by atoms with Gasteiger partial charge in [0.15, 0.2) is 0 Å². The molecular formula is C15H20N4O. The van der Waals surface area contributed by atoms with Crippen molar-refractivity contribution in [2.24, 2.45) is 0 Å². The van der Waals surface area contributed by atoms with E-state index in [1.165, 1.54) is 0 Å². The van der Waals surface area contributed by atoms with Gasteiger partial charge in [-0.25, -0.2) is 4.68 Å². The Labute approximate surface area is 119 Å². The summed E-state index contributed by atoms with van der Waals surface area (Å²) in [4.78, 5) is 14.3. The van der Waals surface area contributed by atoms with Gasteiger partial charge in [-0.05, 0) is 32.0 Å². The Morgan fingerprint density at radius 1 is 1.35 bits per heavy atom. The summed E-state index contributed by atoms with van der Waals surface area (Å²) in [7, 11) is 3.90. The van der Waals surface area contributed by atoms with E-state index in [1.807, 2.05) is 63.2 Å². The van der Waals surface area contributed by atoms with Crippen molar-refractivity contribution in [1.82, 2.24) is 9.78 Å². The Morgan fingerprint density at radius 2 is 2.10 bits per heavy atom. The van der Waals surface area contributed by atoms with Crippen LogP contribution in [0.4, 0.5) is 11.5 Å². The summed E-state index contributed by atoms with van der Waals surface area (Å²) < 4.78 is 1.78. The minimum absolute atomic E-state index is 0.122. The summed E-state index contributed by atoms with van der Waals surface area (Å²) in [6.07, 6.45) is 0. The monoisotopic (exact) mass is 272 g/mol. The van der Waals surface area contributed by atoms with Crippen molar-refractivity contribution in [1.29, 1.82) is 0 Å². The molecule has 0 atom stereocenters. The molecule has 0 unspecified atom stereocenters. The standard InChI is InChI=1S/C15H20N4O/c1-5-19-14(9-11(2)17-19)16-15(20)12-7-6-8-13(10-12)18(3)4/h6-10H,5H2,1-4H3,(H,16,20). The van der Waals surface area contributed by atoms with Crippen LogP contribution in [0.5, 0.6) is 0 Å². The first kappa shape index (κ1) is 14.1. The molecule has 5 heteroatoms. The maximum atomic E-state index is 12.3. The van der Waals surface area contributed by atoms with Gasteiger partial charge in [-0.1, -0.05) is 6.07 Å². The first-order chi connectivity index (χ1) is 9.51. The van der Waals surface area contributed by atoms with Crippen LogP contribution in [-0.2, 0) is 6.54 Å². The van der Waals surface area contributed by atoms with Crippen LogP contribution in [-0.4, -0.2) is 29.8 Å². The molecule has 1 aromatic heterocycles. The van der Waals surface area contributed by atoms with Crippen LogP contribution < -0.4 is 10.2 Å². The van der Waals surface area contributed by atoms with Crippen molar-refractivity contribution in [3.63, 3.8) is 0 Å². The fourth-order valence-electron chi connectivity index (χ4n) is 2.00. The summed E-state index contributed by atoms with van der Waals surface area (Å²) in [6, 6.07) is 9.40. The number of carbonyl (C=O) groups is 1. The quantitative estimate of drug-likeness (QED) is 0.930. The van der Waals surface area contributed by atoms with Crippen LogP contribution in [0.1, 0.15) is 23.0 Å². The normalized spacial score (nSPS) is 10.4. The van der Waals surface area contributed by atoms with Gasteiger partial charge in [0.05, 0.1) is 5.69 Å². The molecule has 5 nitrogen and oxygen atoms in total. The molecule has 1 aromatic carbocycles. The van der Waals surface area contributed by atoms with Gasteiger partial charge in [0.2, 0.25) is 0 Å². The summed E-state index contributed by atoms with van der Waals surface area (Å²) in [5.74, 6) is 0.605. The third-order valence-electron chi connectivity index (χ3n) is 3.07. The molecule has 0 saturated heterocycles. The number of carbonyl (C=O) groups excluding carboxylic acids is 1. The van der Waals surface area contributed by atoms with Gasteiger partial charge < -0.3 is 10.2 Å². The van der Waals surface area contributed by atoms with E-state index in [2.05, 4.69) is 10.4 Å². The average molecular weight is 272 g/mol. The second kappa shape index (κ2) is 5.77. The van der Waals surface area contributed by atoms with E-state index < -0.39 is 0 Å². The Kier molecular flexibility index (Phi) is 4.08. The Morgan fingerprint density at radius 3 is 2.75 bits per heavy atom. The van der Waals surface area contributed by atoms with Gasteiger partial charge in [0, 0.05) is 38.0 Å². The Balaban J connectivity index is 2.21. The second-order valence-corrected chi connectivity index (χ2v) is 4.89. The lowest BCUT2D eigenvalue weighted by Crippen LogP contribution is -2.16. The first-order valence-electron chi connectivity index (χ1n) is 6.64. The summed E-state index contributed by atoms with van der Waals surface area (Å²) >= 11 is 0. The zero-order valence-corrected chi connectivity index (χ0v) is 12.3. The number of hydrogen-bond acceptors (Lipinski definition) is 3. The SMILES string of the molecule is CCn1nc(C)cc1NC(=O)c1cccc(N(C)C)c1. The molecule has 1 amide bonds. The van der Waals surface area contributed by atoms with Crippen molar-refractivity contribution in [2.75, 3.05) is 24.3 Å². The second-order valence-electron chi connectivity index (χ2n) is 4.89. The molecule has 0 aliphatic rings. The third kappa shape index (κ3) is 2.99. The zero-order valence-electron chi connectivity index (χ0n) is 12.3. The van der Waals surface area contributed by atoms with Crippen LogP contribution in [0, 0.1) is 6.92 Å². The fraction of sp³-hybridized carbons (Fsp3) is 0.333. The molecule has 2 aromatic rings. The molecule has 20 heavy (non-hydrogen) atoms. The van der Waals surface area contributed by atoms with E-state index >= 15 is 0 Å². The minimum Gasteiger partial charge on any atom is -0.378 e. The summed E-state index contributed by atoms with van der Waals surface area (Å²) in [5.41, 5.74) is 2.53. The van der Waals surface area contributed by atoms with Crippen molar-refractivity contribution in [2.45, 2.75) is 20.4 Å². The lowest BCUT2D eigenvalue weighted by molar-refractivity contribution is 0.102. The number of benzene rings is 1. The third-order valence-corrected chi connectivity index (χ3v) is 3.07. The van der Waals surface area contributed by atoms with Gasteiger partial charge in [-0.3, -0.25) is 4.79 Å². The molecule has 0 aliphatic heterocycles. The fourth-order valence-corrected chi connectivity index (χ4v) is 2.00. The molecule has 0 aliphatic carbocycles. The van der Waals surface area contributed by atoms with Crippen molar-refractivity contribution >= 4 is 17.4 Å². The van der Waals surface area contributed by atoms with Crippen molar-refractivity contribution < 1.29 is 4.79 Å². The molecule has 1 N–H and O–H groups in total. The molecule has 106 valence electrons.